The number of aromatic nitrogens is 2. The lowest BCUT2D eigenvalue weighted by molar-refractivity contribution is 0.102. The van der Waals surface area contributed by atoms with Gasteiger partial charge in [0, 0.05) is 18.1 Å². The average Bonchev–Trinajstić information content (AvgIpc) is 2.63. The third-order valence-corrected chi connectivity index (χ3v) is 3.74. The van der Waals surface area contributed by atoms with Gasteiger partial charge in [-0.1, -0.05) is 31.5 Å². The zero-order valence-corrected chi connectivity index (χ0v) is 13.6. The van der Waals surface area contributed by atoms with Gasteiger partial charge in [0.15, 0.2) is 0 Å². The molecular weight excluding hydrogens is 300 g/mol. The number of carbonyl (C=O) groups excluding carboxylic acids is 1. The van der Waals surface area contributed by atoms with Gasteiger partial charge >= 0.3 is 0 Å². The van der Waals surface area contributed by atoms with E-state index >= 15 is 0 Å². The average molecular weight is 320 g/mol. The molecule has 2 aromatic heterocycles. The maximum atomic E-state index is 12.4. The van der Waals surface area contributed by atoms with Gasteiger partial charge in [0.25, 0.3) is 5.91 Å². The molecule has 0 spiro atoms. The monoisotopic (exact) mass is 320 g/mol. The summed E-state index contributed by atoms with van der Waals surface area (Å²) in [5.74, 6) is -0.242. The number of hydrogen-bond donors (Lipinski definition) is 2. The minimum atomic E-state index is -0.242. The van der Waals surface area contributed by atoms with Gasteiger partial charge in [-0.05, 0) is 30.7 Å². The topological polar surface area (TPSA) is 66.9 Å². The van der Waals surface area contributed by atoms with Crippen molar-refractivity contribution in [2.24, 2.45) is 0 Å². The number of carbonyl (C=O) groups is 1. The van der Waals surface area contributed by atoms with Crippen molar-refractivity contribution in [3.05, 3.63) is 60.6 Å². The van der Waals surface area contributed by atoms with E-state index in [2.05, 4.69) is 27.5 Å². The zero-order chi connectivity index (χ0) is 16.8. The van der Waals surface area contributed by atoms with E-state index in [0.29, 0.717) is 11.4 Å². The SMILES string of the molecule is CCCCNc1ccc(C(=O)Nc2cccc3cccnc23)nc1. The van der Waals surface area contributed by atoms with Gasteiger partial charge in [-0.15, -0.1) is 0 Å². The number of nitrogens with one attached hydrogen (secondary N) is 2. The summed E-state index contributed by atoms with van der Waals surface area (Å²) in [6.45, 7) is 3.06. The van der Waals surface area contributed by atoms with Gasteiger partial charge in [-0.25, -0.2) is 4.98 Å². The molecule has 0 aliphatic heterocycles. The minimum Gasteiger partial charge on any atom is -0.384 e. The van der Waals surface area contributed by atoms with E-state index in [4.69, 9.17) is 0 Å². The van der Waals surface area contributed by atoms with Gasteiger partial charge in [-0.3, -0.25) is 9.78 Å². The number of benzene rings is 1. The second-order valence-corrected chi connectivity index (χ2v) is 5.55. The van der Waals surface area contributed by atoms with Crippen molar-refractivity contribution in [2.75, 3.05) is 17.2 Å². The van der Waals surface area contributed by atoms with Gasteiger partial charge in [0.1, 0.15) is 5.69 Å². The molecule has 3 aromatic rings. The van der Waals surface area contributed by atoms with E-state index in [9.17, 15) is 4.79 Å². The maximum absolute atomic E-state index is 12.4. The van der Waals surface area contributed by atoms with Crippen LogP contribution in [-0.2, 0) is 0 Å². The molecule has 0 unspecified atom stereocenters. The molecule has 0 aliphatic carbocycles. The molecule has 5 nitrogen and oxygen atoms in total. The Kier molecular flexibility index (Phi) is 5.01. The van der Waals surface area contributed by atoms with Crippen LogP contribution in [-0.4, -0.2) is 22.4 Å². The predicted octanol–water partition coefficient (Wildman–Crippen LogP) is 4.09. The first-order chi connectivity index (χ1) is 11.8. The molecule has 24 heavy (non-hydrogen) atoms. The molecule has 1 aromatic carbocycles. The molecule has 2 N–H and O–H groups in total. The Hall–Kier alpha value is -2.95. The Morgan fingerprint density at radius 1 is 1.08 bits per heavy atom. The number of hydrogen-bond acceptors (Lipinski definition) is 4. The largest absolute Gasteiger partial charge is 0.384 e. The summed E-state index contributed by atoms with van der Waals surface area (Å²) in [4.78, 5) is 21.0. The zero-order valence-electron chi connectivity index (χ0n) is 13.6. The van der Waals surface area contributed by atoms with Crippen LogP contribution in [0.3, 0.4) is 0 Å². The standard InChI is InChI=1S/C19H20N4O/c1-2-3-11-20-15-9-10-17(22-13-15)19(24)23-16-8-4-6-14-7-5-12-21-18(14)16/h4-10,12-13,20H,2-3,11H2,1H3,(H,23,24). The molecule has 0 saturated heterocycles. The van der Waals surface area contributed by atoms with Crippen molar-refractivity contribution in [3.8, 4) is 0 Å². The number of nitrogens with zero attached hydrogens (tertiary/aromatic N) is 2. The second-order valence-electron chi connectivity index (χ2n) is 5.55. The highest BCUT2D eigenvalue weighted by atomic mass is 16.1. The number of pyridine rings is 2. The summed E-state index contributed by atoms with van der Waals surface area (Å²) in [5.41, 5.74) is 2.76. The van der Waals surface area contributed by atoms with Crippen molar-refractivity contribution >= 4 is 28.2 Å². The van der Waals surface area contributed by atoms with Gasteiger partial charge in [0.2, 0.25) is 0 Å². The first kappa shape index (κ1) is 15.9. The molecule has 0 saturated carbocycles. The highest BCUT2D eigenvalue weighted by Crippen LogP contribution is 2.21. The highest BCUT2D eigenvalue weighted by molar-refractivity contribution is 6.07. The minimum absolute atomic E-state index is 0.242. The summed E-state index contributed by atoms with van der Waals surface area (Å²) < 4.78 is 0. The van der Waals surface area contributed by atoms with E-state index in [-0.39, 0.29) is 5.91 Å². The first-order valence-corrected chi connectivity index (χ1v) is 8.13. The van der Waals surface area contributed by atoms with Crippen molar-refractivity contribution in [2.45, 2.75) is 19.8 Å². The molecule has 0 atom stereocenters. The summed E-state index contributed by atoms with van der Waals surface area (Å²) in [5, 5.41) is 7.15. The fourth-order valence-electron chi connectivity index (χ4n) is 2.43. The van der Waals surface area contributed by atoms with Crippen LogP contribution in [0, 0.1) is 0 Å². The lowest BCUT2D eigenvalue weighted by Crippen LogP contribution is -2.14. The van der Waals surface area contributed by atoms with Crippen molar-refractivity contribution in [3.63, 3.8) is 0 Å². The third-order valence-electron chi connectivity index (χ3n) is 3.74. The molecular formula is C19H20N4O. The fraction of sp³-hybridized carbons (Fsp3) is 0.211. The van der Waals surface area contributed by atoms with Gasteiger partial charge in [0.05, 0.1) is 23.1 Å². The van der Waals surface area contributed by atoms with Crippen LogP contribution in [0.25, 0.3) is 10.9 Å². The Morgan fingerprint density at radius 3 is 2.75 bits per heavy atom. The third kappa shape index (κ3) is 3.68. The number of rotatable bonds is 6. The van der Waals surface area contributed by atoms with E-state index in [1.54, 1.807) is 18.5 Å². The maximum Gasteiger partial charge on any atom is 0.274 e. The molecule has 2 heterocycles. The quantitative estimate of drug-likeness (QED) is 0.671. The van der Waals surface area contributed by atoms with Crippen LogP contribution >= 0.6 is 0 Å². The van der Waals surface area contributed by atoms with Crippen LogP contribution in [0.5, 0.6) is 0 Å². The van der Waals surface area contributed by atoms with E-state index < -0.39 is 0 Å². The number of para-hydroxylation sites is 1. The van der Waals surface area contributed by atoms with Crippen molar-refractivity contribution in [1.82, 2.24) is 9.97 Å². The summed E-state index contributed by atoms with van der Waals surface area (Å²) in [7, 11) is 0. The molecule has 0 fully saturated rings. The molecule has 3 rings (SSSR count). The van der Waals surface area contributed by atoms with Crippen LogP contribution < -0.4 is 10.6 Å². The van der Waals surface area contributed by atoms with Crippen molar-refractivity contribution in [1.29, 1.82) is 0 Å². The van der Waals surface area contributed by atoms with E-state index in [0.717, 1.165) is 36.0 Å². The predicted molar refractivity (Wildman–Crippen MR) is 97.3 cm³/mol. The van der Waals surface area contributed by atoms with Gasteiger partial charge < -0.3 is 10.6 Å². The Morgan fingerprint density at radius 2 is 1.96 bits per heavy atom. The van der Waals surface area contributed by atoms with E-state index in [1.807, 2.05) is 36.4 Å². The number of fused-ring (bicyclic) bond motifs is 1. The van der Waals surface area contributed by atoms with Crippen molar-refractivity contribution < 1.29 is 4.79 Å². The highest BCUT2D eigenvalue weighted by Gasteiger charge is 2.10. The number of unbranched alkanes of at least 4 members (excludes halogenated alkanes) is 1. The summed E-state index contributed by atoms with van der Waals surface area (Å²) in [6.07, 6.45) is 5.65. The van der Waals surface area contributed by atoms with Crippen LogP contribution in [0.4, 0.5) is 11.4 Å². The Bertz CT molecular complexity index is 825. The first-order valence-electron chi connectivity index (χ1n) is 8.13. The van der Waals surface area contributed by atoms with Crippen LogP contribution in [0.1, 0.15) is 30.3 Å². The normalized spacial score (nSPS) is 10.5. The fourth-order valence-corrected chi connectivity index (χ4v) is 2.43. The lowest BCUT2D eigenvalue weighted by Gasteiger charge is -2.08. The second kappa shape index (κ2) is 7.55. The Balaban J connectivity index is 1.72. The molecule has 0 aliphatic rings. The smallest absolute Gasteiger partial charge is 0.274 e. The van der Waals surface area contributed by atoms with Gasteiger partial charge in [-0.2, -0.15) is 0 Å². The summed E-state index contributed by atoms with van der Waals surface area (Å²) >= 11 is 0. The molecule has 122 valence electrons. The molecule has 0 bridgehead atoms. The molecule has 1 amide bonds. The Labute approximate surface area is 141 Å². The van der Waals surface area contributed by atoms with E-state index in [1.165, 1.54) is 0 Å². The molecule has 5 heteroatoms. The molecule has 0 radical (unpaired) electrons. The number of anilines is 2. The van der Waals surface area contributed by atoms with Crippen LogP contribution in [0.15, 0.2) is 54.9 Å². The van der Waals surface area contributed by atoms with Crippen LogP contribution in [0.2, 0.25) is 0 Å². The number of amides is 1. The summed E-state index contributed by atoms with van der Waals surface area (Å²) in [6, 6.07) is 13.1. The lowest BCUT2D eigenvalue weighted by atomic mass is 10.2.